The minimum Gasteiger partial charge on any atom is -0.463 e. The number of nitrogens with one attached hydrogen (secondary N) is 2. The van der Waals surface area contributed by atoms with Crippen LogP contribution in [-0.4, -0.2) is 64.0 Å². The van der Waals surface area contributed by atoms with E-state index >= 15 is 0 Å². The third kappa shape index (κ3) is 9.58. The molecule has 2 aromatic rings. The van der Waals surface area contributed by atoms with Gasteiger partial charge in [0.2, 0.25) is 12.1 Å². The molecule has 42 heavy (non-hydrogen) atoms. The molecule has 1 aromatic carbocycles. The maximum absolute atomic E-state index is 14.8. The van der Waals surface area contributed by atoms with Crippen LogP contribution in [0.5, 0.6) is 0 Å². The van der Waals surface area contributed by atoms with E-state index in [0.717, 1.165) is 24.4 Å². The topological polar surface area (TPSA) is 158 Å². The van der Waals surface area contributed by atoms with Crippen LogP contribution in [0.25, 0.3) is 0 Å². The van der Waals surface area contributed by atoms with Crippen LogP contribution in [0.15, 0.2) is 47.4 Å². The lowest BCUT2D eigenvalue weighted by Gasteiger charge is -2.21. The van der Waals surface area contributed by atoms with Gasteiger partial charge in [-0.05, 0) is 37.5 Å². The van der Waals surface area contributed by atoms with Crippen molar-refractivity contribution >= 4 is 29.5 Å². The van der Waals surface area contributed by atoms with Gasteiger partial charge in [-0.1, -0.05) is 44.4 Å². The van der Waals surface area contributed by atoms with Crippen molar-refractivity contribution in [1.29, 1.82) is 0 Å². The number of aromatic nitrogens is 2. The maximum atomic E-state index is 14.8. The Labute approximate surface area is 241 Å². The van der Waals surface area contributed by atoms with Gasteiger partial charge in [-0.15, -0.1) is 0 Å². The molecule has 0 saturated carbocycles. The number of rotatable bonds is 15. The van der Waals surface area contributed by atoms with E-state index < -0.39 is 48.7 Å². The van der Waals surface area contributed by atoms with Gasteiger partial charge < -0.3 is 24.6 Å². The second-order valence-electron chi connectivity index (χ2n) is 9.77. The van der Waals surface area contributed by atoms with Crippen molar-refractivity contribution in [1.82, 2.24) is 9.55 Å². The summed E-state index contributed by atoms with van der Waals surface area (Å²) in [6, 6.07) is 10.2. The molecule has 3 unspecified atom stereocenters. The minimum absolute atomic E-state index is 0.0254. The number of nitrogens with zero attached hydrogens (tertiary/aromatic N) is 2. The number of esters is 1. The van der Waals surface area contributed by atoms with Crippen LogP contribution in [0.1, 0.15) is 64.5 Å². The number of para-hydroxylation sites is 1. The highest BCUT2D eigenvalue weighted by atomic mass is 19.3. The Balaban J connectivity index is 1.39. The van der Waals surface area contributed by atoms with E-state index in [2.05, 4.69) is 15.6 Å². The van der Waals surface area contributed by atoms with Gasteiger partial charge in [0.15, 0.2) is 6.10 Å². The Morgan fingerprint density at radius 1 is 1.02 bits per heavy atom. The fraction of sp³-hybridized carbons (Fsp3) is 0.536. The van der Waals surface area contributed by atoms with Crippen molar-refractivity contribution < 1.29 is 42.5 Å². The average Bonchev–Trinajstić information content (AvgIpc) is 3.18. The quantitative estimate of drug-likeness (QED) is 0.205. The van der Waals surface area contributed by atoms with Crippen molar-refractivity contribution in [2.45, 2.75) is 82.6 Å². The van der Waals surface area contributed by atoms with Gasteiger partial charge in [-0.2, -0.15) is 13.8 Å². The molecule has 12 nitrogen and oxygen atoms in total. The highest BCUT2D eigenvalue weighted by Gasteiger charge is 2.60. The molecule has 2 amide bonds. The smallest absolute Gasteiger partial charge is 0.412 e. The van der Waals surface area contributed by atoms with Crippen LogP contribution in [0.3, 0.4) is 0 Å². The molecule has 1 fully saturated rings. The average molecular weight is 595 g/mol. The largest absolute Gasteiger partial charge is 0.463 e. The van der Waals surface area contributed by atoms with Gasteiger partial charge in [-0.3, -0.25) is 19.5 Å². The highest BCUT2D eigenvalue weighted by Crippen LogP contribution is 2.42. The van der Waals surface area contributed by atoms with Gasteiger partial charge in [0.05, 0.1) is 6.61 Å². The zero-order valence-corrected chi connectivity index (χ0v) is 23.3. The number of aliphatic hydroxyl groups is 1. The molecular formula is C28H36F2N4O8. The van der Waals surface area contributed by atoms with Crippen LogP contribution >= 0.6 is 0 Å². The predicted octanol–water partition coefficient (Wildman–Crippen LogP) is 4.01. The number of ether oxygens (including phenoxy) is 3. The van der Waals surface area contributed by atoms with E-state index in [-0.39, 0.29) is 24.8 Å². The summed E-state index contributed by atoms with van der Waals surface area (Å²) < 4.78 is 45.2. The first-order valence-corrected chi connectivity index (χ1v) is 13.9. The normalized spacial score (nSPS) is 19.2. The number of aliphatic hydroxyl groups excluding tert-OH is 1. The first-order chi connectivity index (χ1) is 20.1. The molecule has 1 aromatic heterocycles. The molecule has 0 bridgehead atoms. The molecule has 0 aliphatic carbocycles. The van der Waals surface area contributed by atoms with Crippen molar-refractivity contribution in [3.63, 3.8) is 0 Å². The van der Waals surface area contributed by atoms with E-state index in [9.17, 15) is 33.1 Å². The zero-order valence-electron chi connectivity index (χ0n) is 23.3. The number of halogens is 2. The van der Waals surface area contributed by atoms with Crippen molar-refractivity contribution in [3.05, 3.63) is 53.1 Å². The van der Waals surface area contributed by atoms with Crippen LogP contribution in [0.2, 0.25) is 0 Å². The van der Waals surface area contributed by atoms with Gasteiger partial charge in [-0.25, -0.2) is 9.59 Å². The number of benzene rings is 1. The molecule has 3 rings (SSSR count). The molecule has 3 atom stereocenters. The summed E-state index contributed by atoms with van der Waals surface area (Å²) >= 11 is 0. The first kappa shape index (κ1) is 32.6. The summed E-state index contributed by atoms with van der Waals surface area (Å²) in [6.07, 6.45) is -1.74. The van der Waals surface area contributed by atoms with Gasteiger partial charge in [0.25, 0.3) is 0 Å². The molecule has 0 radical (unpaired) electrons. The summed E-state index contributed by atoms with van der Waals surface area (Å²) in [7, 11) is 0. The van der Waals surface area contributed by atoms with E-state index in [0.29, 0.717) is 43.1 Å². The molecule has 3 N–H and O–H groups in total. The molecule has 1 aliphatic heterocycles. The molecular weight excluding hydrogens is 558 g/mol. The fourth-order valence-corrected chi connectivity index (χ4v) is 4.12. The number of carbonyl (C=O) groups excluding carboxylic acids is 3. The van der Waals surface area contributed by atoms with Gasteiger partial charge >= 0.3 is 23.7 Å². The second kappa shape index (κ2) is 15.9. The monoisotopic (exact) mass is 594 g/mol. The van der Waals surface area contributed by atoms with Crippen molar-refractivity contribution in [2.24, 2.45) is 0 Å². The summed E-state index contributed by atoms with van der Waals surface area (Å²) in [5.74, 6) is -4.86. The number of hydrogen-bond donors (Lipinski definition) is 3. The van der Waals surface area contributed by atoms with Crippen LogP contribution in [0.4, 0.5) is 25.1 Å². The Morgan fingerprint density at radius 3 is 2.43 bits per heavy atom. The molecule has 2 heterocycles. The number of hydrogen-bond acceptors (Lipinski definition) is 9. The Hall–Kier alpha value is -3.91. The number of anilines is 2. The second-order valence-corrected chi connectivity index (χ2v) is 9.77. The SMILES string of the molecule is CCCCOC(=O)Nc1ccn(C2OC(COC(=O)CCCCCCC(=O)Nc3ccccc3)C(O)C2(F)F)c(=O)n1. The summed E-state index contributed by atoms with van der Waals surface area (Å²) in [4.78, 5) is 51.7. The number of unbranched alkanes of at least 4 members (excludes halogenated alkanes) is 4. The molecule has 1 saturated heterocycles. The maximum Gasteiger partial charge on any atom is 0.412 e. The number of amides is 2. The third-order valence-corrected chi connectivity index (χ3v) is 6.42. The van der Waals surface area contributed by atoms with Crippen molar-refractivity contribution in [3.8, 4) is 0 Å². The molecule has 0 spiro atoms. The summed E-state index contributed by atoms with van der Waals surface area (Å²) in [6.45, 7) is 1.44. The van der Waals surface area contributed by atoms with E-state index in [1.54, 1.807) is 12.1 Å². The highest BCUT2D eigenvalue weighted by molar-refractivity contribution is 5.90. The lowest BCUT2D eigenvalue weighted by Crippen LogP contribution is -2.42. The fourth-order valence-electron chi connectivity index (χ4n) is 4.12. The lowest BCUT2D eigenvalue weighted by atomic mass is 10.1. The third-order valence-electron chi connectivity index (χ3n) is 6.42. The van der Waals surface area contributed by atoms with E-state index in [4.69, 9.17) is 14.2 Å². The van der Waals surface area contributed by atoms with Crippen molar-refractivity contribution in [2.75, 3.05) is 23.8 Å². The Bertz CT molecular complexity index is 1240. The summed E-state index contributed by atoms with van der Waals surface area (Å²) in [5.41, 5.74) is -0.435. The number of carbonyl (C=O) groups is 3. The van der Waals surface area contributed by atoms with Crippen LogP contribution in [0, 0.1) is 0 Å². The molecule has 230 valence electrons. The van der Waals surface area contributed by atoms with E-state index in [1.807, 2.05) is 25.1 Å². The zero-order chi connectivity index (χ0) is 30.5. The van der Waals surface area contributed by atoms with Gasteiger partial charge in [0.1, 0.15) is 18.5 Å². The van der Waals surface area contributed by atoms with Crippen LogP contribution < -0.4 is 16.3 Å². The van der Waals surface area contributed by atoms with Crippen LogP contribution in [-0.2, 0) is 23.8 Å². The summed E-state index contributed by atoms with van der Waals surface area (Å²) in [5, 5.41) is 15.2. The lowest BCUT2D eigenvalue weighted by molar-refractivity contribution is -0.150. The predicted molar refractivity (Wildman–Crippen MR) is 147 cm³/mol. The first-order valence-electron chi connectivity index (χ1n) is 13.9. The Kier molecular flexibility index (Phi) is 12.4. The standard InChI is InChI=1S/C28H36F2N4O8/c1-2-3-17-40-27(39)33-21-15-16-34(26(38)32-21)25-28(29,30)24(37)20(42-25)18-41-23(36)14-10-5-4-9-13-22(35)31-19-11-7-6-8-12-19/h6-8,11-12,15-16,20,24-25,37H,2-5,9-10,13-14,17-18H2,1H3,(H,31,35)(H,32,33,38,39). The van der Waals surface area contributed by atoms with E-state index in [1.165, 1.54) is 0 Å². The van der Waals surface area contributed by atoms with Gasteiger partial charge in [0, 0.05) is 24.7 Å². The number of alkyl halides is 2. The minimum atomic E-state index is -3.90. The molecule has 1 aliphatic rings. The molecule has 14 heteroatoms. The Morgan fingerprint density at radius 2 is 1.74 bits per heavy atom.